The maximum Gasteiger partial charge on any atom is 0.264 e. The van der Waals surface area contributed by atoms with Gasteiger partial charge in [-0.25, -0.2) is 8.78 Å². The Kier molecular flexibility index (Phi) is 3.47. The summed E-state index contributed by atoms with van der Waals surface area (Å²) in [7, 11) is 0. The zero-order valence-electron chi connectivity index (χ0n) is 11.3. The van der Waals surface area contributed by atoms with Gasteiger partial charge in [0.15, 0.2) is 0 Å². The van der Waals surface area contributed by atoms with E-state index in [1.807, 2.05) is 35.2 Å². The summed E-state index contributed by atoms with van der Waals surface area (Å²) in [5, 5.41) is 8.79. The third-order valence-electron chi connectivity index (χ3n) is 4.61. The molecule has 2 aliphatic rings. The molecule has 2 heterocycles. The lowest BCUT2D eigenvalue weighted by Crippen LogP contribution is -2.46. The third-order valence-corrected chi connectivity index (χ3v) is 4.61. The standard InChI is InChI=1S/C16H18F2N2/c17-16(18)10-14-8-13(6-7-19)9-15(16)20(14)11-12-4-2-1-3-5-12/h1-5,13-15H,6,8-11H2. The van der Waals surface area contributed by atoms with Crippen LogP contribution in [0, 0.1) is 17.2 Å². The largest absolute Gasteiger partial charge is 0.287 e. The number of nitrogens with zero attached hydrogens (tertiary/aromatic N) is 2. The maximum absolute atomic E-state index is 14.1. The van der Waals surface area contributed by atoms with Gasteiger partial charge in [0.05, 0.1) is 12.1 Å². The first kappa shape index (κ1) is 13.5. The van der Waals surface area contributed by atoms with Crippen LogP contribution in [0.3, 0.4) is 0 Å². The molecule has 20 heavy (non-hydrogen) atoms. The molecule has 3 atom stereocenters. The van der Waals surface area contributed by atoms with Gasteiger partial charge >= 0.3 is 0 Å². The Balaban J connectivity index is 1.78. The average Bonchev–Trinajstić information content (AvgIpc) is 2.55. The normalized spacial score (nSPS) is 31.9. The van der Waals surface area contributed by atoms with Crippen LogP contribution >= 0.6 is 0 Å². The second-order valence-electron chi connectivity index (χ2n) is 5.99. The maximum atomic E-state index is 14.1. The van der Waals surface area contributed by atoms with E-state index < -0.39 is 12.0 Å². The van der Waals surface area contributed by atoms with Crippen molar-refractivity contribution in [2.24, 2.45) is 5.92 Å². The van der Waals surface area contributed by atoms with E-state index in [1.54, 1.807) is 0 Å². The first-order valence-electron chi connectivity index (χ1n) is 7.14. The van der Waals surface area contributed by atoms with Gasteiger partial charge in [-0.3, -0.25) is 4.90 Å². The molecular formula is C16H18F2N2. The van der Waals surface area contributed by atoms with Crippen LogP contribution in [0.15, 0.2) is 30.3 Å². The van der Waals surface area contributed by atoms with Gasteiger partial charge < -0.3 is 0 Å². The van der Waals surface area contributed by atoms with Crippen molar-refractivity contribution < 1.29 is 8.78 Å². The summed E-state index contributed by atoms with van der Waals surface area (Å²) in [5.41, 5.74) is 1.08. The second kappa shape index (κ2) is 5.14. The first-order valence-corrected chi connectivity index (χ1v) is 7.14. The van der Waals surface area contributed by atoms with Crippen LogP contribution in [0.25, 0.3) is 0 Å². The molecule has 2 aliphatic heterocycles. The molecule has 1 aromatic rings. The minimum absolute atomic E-state index is 0.0492. The highest BCUT2D eigenvalue weighted by molar-refractivity contribution is 5.16. The number of alkyl halides is 2. The topological polar surface area (TPSA) is 27.0 Å². The van der Waals surface area contributed by atoms with Crippen molar-refractivity contribution in [3.8, 4) is 6.07 Å². The van der Waals surface area contributed by atoms with Crippen LogP contribution < -0.4 is 0 Å². The lowest BCUT2D eigenvalue weighted by molar-refractivity contribution is -0.0474. The molecule has 3 unspecified atom stereocenters. The number of piperidine rings is 1. The van der Waals surface area contributed by atoms with Crippen molar-refractivity contribution in [2.45, 2.75) is 50.2 Å². The van der Waals surface area contributed by atoms with Gasteiger partial charge in [0.2, 0.25) is 0 Å². The highest BCUT2D eigenvalue weighted by atomic mass is 19.3. The molecule has 4 heteroatoms. The van der Waals surface area contributed by atoms with E-state index >= 15 is 0 Å². The van der Waals surface area contributed by atoms with Crippen LogP contribution in [0.2, 0.25) is 0 Å². The van der Waals surface area contributed by atoms with Gasteiger partial charge in [-0.05, 0) is 24.3 Å². The number of halogens is 2. The highest BCUT2D eigenvalue weighted by Gasteiger charge is 2.56. The van der Waals surface area contributed by atoms with E-state index in [1.165, 1.54) is 0 Å². The zero-order valence-corrected chi connectivity index (χ0v) is 11.3. The molecule has 0 radical (unpaired) electrons. The summed E-state index contributed by atoms with van der Waals surface area (Å²) in [4.78, 5) is 1.96. The first-order chi connectivity index (χ1) is 9.60. The molecule has 3 rings (SSSR count). The fourth-order valence-electron chi connectivity index (χ4n) is 3.72. The molecule has 1 aromatic carbocycles. The molecule has 2 saturated heterocycles. The van der Waals surface area contributed by atoms with E-state index in [9.17, 15) is 8.78 Å². The van der Waals surface area contributed by atoms with Crippen molar-refractivity contribution in [1.29, 1.82) is 5.26 Å². The molecule has 2 fully saturated rings. The Labute approximate surface area is 118 Å². The van der Waals surface area contributed by atoms with E-state index in [4.69, 9.17) is 5.26 Å². The average molecular weight is 276 g/mol. The van der Waals surface area contributed by atoms with E-state index in [0.717, 1.165) is 12.0 Å². The van der Waals surface area contributed by atoms with Gasteiger partial charge in [0.1, 0.15) is 0 Å². The van der Waals surface area contributed by atoms with Gasteiger partial charge in [-0.1, -0.05) is 30.3 Å². The van der Waals surface area contributed by atoms with Crippen LogP contribution in [-0.2, 0) is 6.54 Å². The van der Waals surface area contributed by atoms with Gasteiger partial charge in [-0.2, -0.15) is 5.26 Å². The van der Waals surface area contributed by atoms with Crippen molar-refractivity contribution in [3.05, 3.63) is 35.9 Å². The molecule has 0 N–H and O–H groups in total. The molecule has 0 aromatic heterocycles. The summed E-state index contributed by atoms with van der Waals surface area (Å²) >= 11 is 0. The molecule has 0 amide bonds. The summed E-state index contributed by atoms with van der Waals surface area (Å²) in [6, 6.07) is 11.2. The number of benzene rings is 1. The lowest BCUT2D eigenvalue weighted by Gasteiger charge is -2.38. The van der Waals surface area contributed by atoms with Gasteiger partial charge in [0, 0.05) is 25.4 Å². The number of hydrogen-bond donors (Lipinski definition) is 0. The molecular weight excluding hydrogens is 258 g/mol. The van der Waals surface area contributed by atoms with Crippen molar-refractivity contribution >= 4 is 0 Å². The zero-order chi connectivity index (χ0) is 14.2. The minimum Gasteiger partial charge on any atom is -0.287 e. The molecule has 2 nitrogen and oxygen atoms in total. The summed E-state index contributed by atoms with van der Waals surface area (Å²) in [6.45, 7) is 0.588. The summed E-state index contributed by atoms with van der Waals surface area (Å²) in [6.07, 6.45) is 1.53. The predicted molar refractivity (Wildman–Crippen MR) is 72.1 cm³/mol. The Morgan fingerprint density at radius 3 is 2.65 bits per heavy atom. The second-order valence-corrected chi connectivity index (χ2v) is 5.99. The predicted octanol–water partition coefficient (Wildman–Crippen LogP) is 3.59. The van der Waals surface area contributed by atoms with E-state index in [-0.39, 0.29) is 18.4 Å². The highest BCUT2D eigenvalue weighted by Crippen LogP contribution is 2.48. The molecule has 2 bridgehead atoms. The van der Waals surface area contributed by atoms with Crippen LogP contribution in [0.1, 0.15) is 31.2 Å². The van der Waals surface area contributed by atoms with Crippen molar-refractivity contribution in [2.75, 3.05) is 0 Å². The van der Waals surface area contributed by atoms with E-state index in [0.29, 0.717) is 19.4 Å². The number of rotatable bonds is 3. The fraction of sp³-hybridized carbons (Fsp3) is 0.562. The molecule has 0 spiro atoms. The monoisotopic (exact) mass is 276 g/mol. The third kappa shape index (κ3) is 2.43. The van der Waals surface area contributed by atoms with Crippen LogP contribution in [-0.4, -0.2) is 22.9 Å². The Hall–Kier alpha value is -1.47. The molecule has 106 valence electrons. The molecule has 0 aliphatic carbocycles. The van der Waals surface area contributed by atoms with E-state index in [2.05, 4.69) is 6.07 Å². The molecule has 0 saturated carbocycles. The summed E-state index contributed by atoms with van der Waals surface area (Å²) in [5.74, 6) is -2.47. The number of hydrogen-bond acceptors (Lipinski definition) is 2. The lowest BCUT2D eigenvalue weighted by atomic mass is 9.88. The number of nitriles is 1. The van der Waals surface area contributed by atoms with Crippen LogP contribution in [0.4, 0.5) is 8.78 Å². The van der Waals surface area contributed by atoms with Crippen molar-refractivity contribution in [3.63, 3.8) is 0 Å². The number of fused-ring (bicyclic) bond motifs is 2. The fourth-order valence-corrected chi connectivity index (χ4v) is 3.72. The SMILES string of the molecule is N#CCC1CC2CC(F)(F)C(C1)N2Cc1ccccc1. The quantitative estimate of drug-likeness (QED) is 0.843. The summed E-state index contributed by atoms with van der Waals surface area (Å²) < 4.78 is 28.3. The Morgan fingerprint density at radius 1 is 1.25 bits per heavy atom. The minimum atomic E-state index is -2.61. The van der Waals surface area contributed by atoms with Crippen LogP contribution in [0.5, 0.6) is 0 Å². The van der Waals surface area contributed by atoms with Gasteiger partial charge in [-0.15, -0.1) is 0 Å². The van der Waals surface area contributed by atoms with Gasteiger partial charge in [0.25, 0.3) is 5.92 Å². The smallest absolute Gasteiger partial charge is 0.264 e. The van der Waals surface area contributed by atoms with Crippen molar-refractivity contribution in [1.82, 2.24) is 4.90 Å². The Morgan fingerprint density at radius 2 is 2.00 bits per heavy atom. The Bertz CT molecular complexity index is 509.